The van der Waals surface area contributed by atoms with E-state index in [0.717, 1.165) is 10.7 Å². The lowest BCUT2D eigenvalue weighted by Crippen LogP contribution is -2.12. The van der Waals surface area contributed by atoms with Gasteiger partial charge in [-0.1, -0.05) is 23.2 Å². The molecule has 0 saturated heterocycles. The van der Waals surface area contributed by atoms with Gasteiger partial charge in [-0.3, -0.25) is 9.20 Å². The van der Waals surface area contributed by atoms with Crippen LogP contribution < -0.4 is 5.32 Å². The molecule has 0 aliphatic heterocycles. The molecule has 4 nitrogen and oxygen atoms in total. The second kappa shape index (κ2) is 5.09. The third-order valence-corrected chi connectivity index (χ3v) is 4.14. The van der Waals surface area contributed by atoms with Gasteiger partial charge in [0.05, 0.1) is 0 Å². The standard InChI is InChI=1S/C13H9Cl2N3OS/c1-7-6-20-13-17-11(5-18(7)13)12(19)16-10-3-8(14)2-9(15)4-10/h2-6H,1H3,(H,16,19). The number of nitrogens with zero attached hydrogens (tertiary/aromatic N) is 2. The largest absolute Gasteiger partial charge is 0.320 e. The summed E-state index contributed by atoms with van der Waals surface area (Å²) in [6.45, 7) is 1.96. The summed E-state index contributed by atoms with van der Waals surface area (Å²) in [5.41, 5.74) is 1.94. The first-order valence-corrected chi connectivity index (χ1v) is 7.37. The molecule has 2 aromatic heterocycles. The van der Waals surface area contributed by atoms with E-state index >= 15 is 0 Å². The highest BCUT2D eigenvalue weighted by molar-refractivity contribution is 7.15. The molecule has 3 aromatic rings. The Balaban J connectivity index is 1.88. The number of hydrogen-bond donors (Lipinski definition) is 1. The number of thiazole rings is 1. The zero-order valence-corrected chi connectivity index (χ0v) is 12.7. The van der Waals surface area contributed by atoms with Crippen molar-refractivity contribution in [1.82, 2.24) is 9.38 Å². The zero-order valence-electron chi connectivity index (χ0n) is 10.4. The predicted octanol–water partition coefficient (Wildman–Crippen LogP) is 4.26. The average molecular weight is 326 g/mol. The van der Waals surface area contributed by atoms with Crippen molar-refractivity contribution in [2.45, 2.75) is 6.92 Å². The number of halogens is 2. The fourth-order valence-electron chi connectivity index (χ4n) is 1.82. The molecule has 7 heteroatoms. The Hall–Kier alpha value is -1.56. The molecule has 1 aromatic carbocycles. The number of rotatable bonds is 2. The van der Waals surface area contributed by atoms with Gasteiger partial charge in [0.1, 0.15) is 5.69 Å². The Bertz CT molecular complexity index is 789. The molecular formula is C13H9Cl2N3OS. The molecule has 1 amide bonds. The highest BCUT2D eigenvalue weighted by Gasteiger charge is 2.13. The maximum Gasteiger partial charge on any atom is 0.275 e. The lowest BCUT2D eigenvalue weighted by Gasteiger charge is -2.04. The van der Waals surface area contributed by atoms with E-state index in [4.69, 9.17) is 23.2 Å². The summed E-state index contributed by atoms with van der Waals surface area (Å²) in [7, 11) is 0. The van der Waals surface area contributed by atoms with E-state index in [1.54, 1.807) is 24.4 Å². The van der Waals surface area contributed by atoms with Gasteiger partial charge in [0.25, 0.3) is 5.91 Å². The van der Waals surface area contributed by atoms with E-state index in [1.807, 2.05) is 16.7 Å². The molecule has 0 spiro atoms. The molecule has 0 radical (unpaired) electrons. The van der Waals surface area contributed by atoms with Crippen LogP contribution in [0, 0.1) is 6.92 Å². The van der Waals surface area contributed by atoms with Crippen molar-refractivity contribution in [2.75, 3.05) is 5.32 Å². The summed E-state index contributed by atoms with van der Waals surface area (Å²) >= 11 is 13.3. The van der Waals surface area contributed by atoms with Crippen molar-refractivity contribution < 1.29 is 4.79 Å². The Labute approximate surface area is 129 Å². The number of imidazole rings is 1. The van der Waals surface area contributed by atoms with Crippen molar-refractivity contribution in [3.8, 4) is 0 Å². The van der Waals surface area contributed by atoms with Crippen LogP contribution >= 0.6 is 34.5 Å². The minimum atomic E-state index is -0.293. The van der Waals surface area contributed by atoms with Gasteiger partial charge in [0.2, 0.25) is 0 Å². The molecule has 0 aliphatic carbocycles. The van der Waals surface area contributed by atoms with Crippen molar-refractivity contribution in [1.29, 1.82) is 0 Å². The first-order chi connectivity index (χ1) is 9.52. The Morgan fingerprint density at radius 1 is 1.30 bits per heavy atom. The number of hydrogen-bond acceptors (Lipinski definition) is 3. The highest BCUT2D eigenvalue weighted by atomic mass is 35.5. The molecule has 0 fully saturated rings. The van der Waals surface area contributed by atoms with Crippen LogP contribution in [0.15, 0.2) is 29.8 Å². The normalized spacial score (nSPS) is 10.9. The highest BCUT2D eigenvalue weighted by Crippen LogP contribution is 2.23. The molecule has 3 rings (SSSR count). The van der Waals surface area contributed by atoms with Gasteiger partial charge < -0.3 is 5.32 Å². The fourth-order valence-corrected chi connectivity index (χ4v) is 3.20. The Kier molecular flexibility index (Phi) is 3.41. The molecule has 20 heavy (non-hydrogen) atoms. The number of carbonyl (C=O) groups excluding carboxylic acids is 1. The summed E-state index contributed by atoms with van der Waals surface area (Å²) in [6, 6.07) is 4.87. The van der Waals surface area contributed by atoms with Gasteiger partial charge in [-0.15, -0.1) is 11.3 Å². The summed E-state index contributed by atoms with van der Waals surface area (Å²) in [6.07, 6.45) is 1.71. The third-order valence-electron chi connectivity index (χ3n) is 2.74. The summed E-state index contributed by atoms with van der Waals surface area (Å²) in [5.74, 6) is -0.293. The topological polar surface area (TPSA) is 46.4 Å². The molecule has 102 valence electrons. The van der Waals surface area contributed by atoms with Gasteiger partial charge >= 0.3 is 0 Å². The summed E-state index contributed by atoms with van der Waals surface area (Å²) in [4.78, 5) is 17.2. The van der Waals surface area contributed by atoms with Crippen molar-refractivity contribution >= 4 is 51.1 Å². The summed E-state index contributed by atoms with van der Waals surface area (Å²) in [5, 5.41) is 5.65. The van der Waals surface area contributed by atoms with Crippen molar-refractivity contribution in [3.05, 3.63) is 51.2 Å². The lowest BCUT2D eigenvalue weighted by molar-refractivity contribution is 0.102. The van der Waals surface area contributed by atoms with Gasteiger partial charge in [0.15, 0.2) is 4.96 Å². The van der Waals surface area contributed by atoms with Crippen LogP contribution in [-0.2, 0) is 0 Å². The zero-order chi connectivity index (χ0) is 14.3. The maximum absolute atomic E-state index is 12.1. The number of amides is 1. The van der Waals surface area contributed by atoms with Gasteiger partial charge in [-0.05, 0) is 25.1 Å². The second-order valence-electron chi connectivity index (χ2n) is 4.27. The number of aromatic nitrogens is 2. The van der Waals surface area contributed by atoms with Crippen LogP contribution in [0.4, 0.5) is 5.69 Å². The summed E-state index contributed by atoms with van der Waals surface area (Å²) < 4.78 is 1.88. The minimum absolute atomic E-state index is 0.293. The average Bonchev–Trinajstić information content (AvgIpc) is 2.91. The number of benzene rings is 1. The van der Waals surface area contributed by atoms with Crippen LogP contribution in [0.1, 0.15) is 16.2 Å². The third kappa shape index (κ3) is 2.52. The van der Waals surface area contributed by atoms with E-state index in [0.29, 0.717) is 21.4 Å². The molecule has 2 heterocycles. The first kappa shape index (κ1) is 13.4. The van der Waals surface area contributed by atoms with Crippen LogP contribution in [0.3, 0.4) is 0 Å². The van der Waals surface area contributed by atoms with Gasteiger partial charge in [-0.25, -0.2) is 4.98 Å². The first-order valence-electron chi connectivity index (χ1n) is 5.73. The predicted molar refractivity (Wildman–Crippen MR) is 82.2 cm³/mol. The quantitative estimate of drug-likeness (QED) is 0.765. The van der Waals surface area contributed by atoms with Gasteiger partial charge in [0, 0.05) is 33.0 Å². The van der Waals surface area contributed by atoms with Crippen molar-refractivity contribution in [3.63, 3.8) is 0 Å². The van der Waals surface area contributed by atoms with E-state index in [1.165, 1.54) is 11.3 Å². The monoisotopic (exact) mass is 325 g/mol. The molecule has 0 saturated carbocycles. The van der Waals surface area contributed by atoms with E-state index in [2.05, 4.69) is 10.3 Å². The van der Waals surface area contributed by atoms with Crippen LogP contribution in [0.5, 0.6) is 0 Å². The number of carbonyl (C=O) groups is 1. The Morgan fingerprint density at radius 3 is 2.65 bits per heavy atom. The Morgan fingerprint density at radius 2 is 2.00 bits per heavy atom. The van der Waals surface area contributed by atoms with E-state index in [9.17, 15) is 4.79 Å². The maximum atomic E-state index is 12.1. The number of nitrogens with one attached hydrogen (secondary N) is 1. The number of fused-ring (bicyclic) bond motifs is 1. The number of anilines is 1. The van der Waals surface area contributed by atoms with Gasteiger partial charge in [-0.2, -0.15) is 0 Å². The van der Waals surface area contributed by atoms with Crippen molar-refractivity contribution in [2.24, 2.45) is 0 Å². The molecular weight excluding hydrogens is 317 g/mol. The fraction of sp³-hybridized carbons (Fsp3) is 0.0769. The lowest BCUT2D eigenvalue weighted by atomic mass is 10.3. The molecule has 0 unspecified atom stereocenters. The van der Waals surface area contributed by atoms with Crippen LogP contribution in [-0.4, -0.2) is 15.3 Å². The van der Waals surface area contributed by atoms with Crippen LogP contribution in [0.2, 0.25) is 10.0 Å². The molecule has 1 N–H and O–H groups in total. The molecule has 0 atom stereocenters. The van der Waals surface area contributed by atoms with E-state index in [-0.39, 0.29) is 5.91 Å². The second-order valence-corrected chi connectivity index (χ2v) is 5.98. The van der Waals surface area contributed by atoms with Crippen LogP contribution in [0.25, 0.3) is 4.96 Å². The van der Waals surface area contributed by atoms with E-state index < -0.39 is 0 Å². The molecule has 0 bridgehead atoms. The molecule has 0 aliphatic rings. The minimum Gasteiger partial charge on any atom is -0.320 e. The number of aryl methyl sites for hydroxylation is 1. The SMILES string of the molecule is Cc1csc2nc(C(=O)Nc3cc(Cl)cc(Cl)c3)cn12. The smallest absolute Gasteiger partial charge is 0.275 e.